The first-order valence-electron chi connectivity index (χ1n) is 13.9. The lowest BCUT2D eigenvalue weighted by atomic mass is 10.0. The molecule has 42 heavy (non-hydrogen) atoms. The number of anilines is 2. The third kappa shape index (κ3) is 5.45. The number of hydrogen-bond donors (Lipinski definition) is 2. The molecule has 1 fully saturated rings. The van der Waals surface area contributed by atoms with Gasteiger partial charge < -0.3 is 10.6 Å². The van der Waals surface area contributed by atoms with Crippen molar-refractivity contribution in [2.45, 2.75) is 37.4 Å². The summed E-state index contributed by atoms with van der Waals surface area (Å²) in [6, 6.07) is 24.6. The van der Waals surface area contributed by atoms with Crippen LogP contribution >= 0.6 is 11.6 Å². The second kappa shape index (κ2) is 11.6. The van der Waals surface area contributed by atoms with Crippen molar-refractivity contribution in [2.75, 3.05) is 10.6 Å². The third-order valence-corrected chi connectivity index (χ3v) is 7.39. The molecule has 5 aromatic rings. The molecular formula is C32H24ClN9. The molecule has 204 valence electrons. The van der Waals surface area contributed by atoms with E-state index in [2.05, 4.69) is 44.1 Å². The van der Waals surface area contributed by atoms with Crippen LogP contribution < -0.4 is 10.6 Å². The zero-order chi connectivity index (χ0) is 30.0. The molecule has 1 unspecified atom stereocenters. The molecule has 2 atom stereocenters. The molecule has 6 rings (SSSR count). The maximum absolute atomic E-state index is 10.00. The minimum absolute atomic E-state index is 0.159. The number of fused-ring (bicyclic) bond motifs is 1. The van der Waals surface area contributed by atoms with Crippen molar-refractivity contribution in [3.05, 3.63) is 112 Å². The summed E-state index contributed by atoms with van der Waals surface area (Å²) in [5.74, 6) is 0. The van der Waals surface area contributed by atoms with E-state index in [-0.39, 0.29) is 18.0 Å². The summed E-state index contributed by atoms with van der Waals surface area (Å²) in [5.41, 5.74) is 3.82. The highest BCUT2D eigenvalue weighted by Crippen LogP contribution is 2.38. The van der Waals surface area contributed by atoms with Gasteiger partial charge in [-0.15, -0.1) is 5.10 Å². The van der Waals surface area contributed by atoms with Crippen LogP contribution in [0.25, 0.3) is 10.9 Å². The lowest BCUT2D eigenvalue weighted by Gasteiger charge is -2.22. The van der Waals surface area contributed by atoms with Gasteiger partial charge in [0.1, 0.15) is 11.8 Å². The minimum Gasteiger partial charge on any atom is -0.376 e. The second-order valence-corrected chi connectivity index (χ2v) is 10.4. The Bertz CT molecular complexity index is 1950. The molecule has 2 aromatic heterocycles. The number of nitrogens with zero attached hydrogens (tertiary/aromatic N) is 7. The van der Waals surface area contributed by atoms with Crippen LogP contribution in [0.4, 0.5) is 11.4 Å². The highest BCUT2D eigenvalue weighted by atomic mass is 35.5. The molecular weight excluding hydrogens is 546 g/mol. The minimum atomic E-state index is -1.64. The Morgan fingerprint density at radius 3 is 2.55 bits per heavy atom. The molecule has 0 aliphatic heterocycles. The average molecular weight is 571 g/mol. The van der Waals surface area contributed by atoms with E-state index in [0.29, 0.717) is 44.1 Å². The van der Waals surface area contributed by atoms with Gasteiger partial charge in [0.15, 0.2) is 0 Å². The number of aromatic nitrogens is 4. The van der Waals surface area contributed by atoms with Gasteiger partial charge in [-0.1, -0.05) is 59.3 Å². The summed E-state index contributed by atoms with van der Waals surface area (Å²) < 4.78 is 11.4. The van der Waals surface area contributed by atoms with Gasteiger partial charge in [-0.2, -0.15) is 15.8 Å². The zero-order valence-corrected chi connectivity index (χ0v) is 23.0. The normalized spacial score (nSPS) is 15.0. The Labute approximate surface area is 249 Å². The molecule has 1 saturated carbocycles. The monoisotopic (exact) mass is 570 g/mol. The van der Waals surface area contributed by atoms with Crippen molar-refractivity contribution in [2.24, 2.45) is 0 Å². The van der Waals surface area contributed by atoms with Crippen LogP contribution in [0.5, 0.6) is 0 Å². The number of halogens is 1. The van der Waals surface area contributed by atoms with Gasteiger partial charge in [0, 0.05) is 17.3 Å². The van der Waals surface area contributed by atoms with Crippen LogP contribution in [0.2, 0.25) is 5.02 Å². The number of hydrogen-bond acceptors (Lipinski definition) is 8. The van der Waals surface area contributed by atoms with E-state index in [1.807, 2.05) is 30.3 Å². The Hall–Kier alpha value is -5.43. The third-order valence-electron chi connectivity index (χ3n) is 7.10. The van der Waals surface area contributed by atoms with Crippen molar-refractivity contribution >= 4 is 33.9 Å². The highest BCUT2D eigenvalue weighted by molar-refractivity contribution is 6.35. The summed E-state index contributed by atoms with van der Waals surface area (Å²) in [7, 11) is 0. The first-order chi connectivity index (χ1) is 20.9. The first kappa shape index (κ1) is 25.5. The Morgan fingerprint density at radius 2 is 1.81 bits per heavy atom. The SMILES string of the molecule is [2H]C(Nc1cc(Cl)c2ncc(C#N)c(N[C@@H](CC#N)c3ccccc3)c2c1)(c1cccc(C#N)c1)c1cn(C2CC2)nn1. The molecule has 3 aromatic carbocycles. The van der Waals surface area contributed by atoms with E-state index in [9.17, 15) is 17.2 Å². The van der Waals surface area contributed by atoms with Crippen LogP contribution in [0, 0.1) is 34.0 Å². The molecule has 1 aliphatic rings. The van der Waals surface area contributed by atoms with Gasteiger partial charge in [0.2, 0.25) is 0 Å². The van der Waals surface area contributed by atoms with Crippen LogP contribution in [-0.4, -0.2) is 20.0 Å². The molecule has 2 heterocycles. The number of rotatable bonds is 9. The van der Waals surface area contributed by atoms with E-state index >= 15 is 0 Å². The van der Waals surface area contributed by atoms with Crippen molar-refractivity contribution in [3.8, 4) is 18.2 Å². The molecule has 2 N–H and O–H groups in total. The van der Waals surface area contributed by atoms with Crippen molar-refractivity contribution in [3.63, 3.8) is 0 Å². The van der Waals surface area contributed by atoms with Crippen molar-refractivity contribution < 1.29 is 1.37 Å². The van der Waals surface area contributed by atoms with E-state index in [0.717, 1.165) is 18.4 Å². The highest BCUT2D eigenvalue weighted by Gasteiger charge is 2.27. The lowest BCUT2D eigenvalue weighted by molar-refractivity contribution is 0.610. The molecule has 0 radical (unpaired) electrons. The van der Waals surface area contributed by atoms with Gasteiger partial charge in [0.25, 0.3) is 0 Å². The largest absolute Gasteiger partial charge is 0.376 e. The fourth-order valence-corrected chi connectivity index (χ4v) is 5.12. The van der Waals surface area contributed by atoms with E-state index in [1.54, 1.807) is 47.3 Å². The zero-order valence-electron chi connectivity index (χ0n) is 23.3. The predicted molar refractivity (Wildman–Crippen MR) is 159 cm³/mol. The summed E-state index contributed by atoms with van der Waals surface area (Å²) in [5, 5.41) is 45.3. The van der Waals surface area contributed by atoms with Crippen molar-refractivity contribution in [1.82, 2.24) is 20.0 Å². The lowest BCUT2D eigenvalue weighted by Crippen LogP contribution is -2.14. The maximum atomic E-state index is 10.00. The van der Waals surface area contributed by atoms with Crippen LogP contribution in [0.3, 0.4) is 0 Å². The molecule has 0 amide bonds. The Morgan fingerprint density at radius 1 is 1.00 bits per heavy atom. The van der Waals surface area contributed by atoms with Gasteiger partial charge in [-0.05, 0) is 48.2 Å². The van der Waals surface area contributed by atoms with Crippen LogP contribution in [0.1, 0.15) is 66.7 Å². The summed E-state index contributed by atoms with van der Waals surface area (Å²) >= 11 is 6.77. The Kier molecular flexibility index (Phi) is 7.04. The van der Waals surface area contributed by atoms with Crippen molar-refractivity contribution in [1.29, 1.82) is 15.8 Å². The van der Waals surface area contributed by atoms with Crippen LogP contribution in [0.15, 0.2) is 79.1 Å². The van der Waals surface area contributed by atoms with Gasteiger partial charge >= 0.3 is 0 Å². The quantitative estimate of drug-likeness (QED) is 0.196. The Balaban J connectivity index is 1.48. The van der Waals surface area contributed by atoms with E-state index in [1.165, 1.54) is 6.20 Å². The summed E-state index contributed by atoms with van der Waals surface area (Å²) in [4.78, 5) is 4.45. The number of pyridine rings is 1. The van der Waals surface area contributed by atoms with Gasteiger partial charge in [0.05, 0.1) is 71.6 Å². The standard InChI is InChI=1S/C32H24ClN9/c33-27-15-24(38-31(22-8-4-5-20(13-22)16-35)29-19-42(41-40-29)25-9-10-25)14-26-30(23(17-36)18-37-32(26)27)39-28(11-12-34)21-6-2-1-3-7-21/h1-8,13-15,18-19,25,28,31,38H,9-11H2,(H,37,39)/t28-,31?/m0/s1/i31D. The molecule has 10 heteroatoms. The molecule has 0 bridgehead atoms. The average Bonchev–Trinajstić information content (AvgIpc) is 3.76. The second-order valence-electron chi connectivity index (χ2n) is 9.99. The van der Waals surface area contributed by atoms with Gasteiger partial charge in [-0.3, -0.25) is 4.98 Å². The molecule has 1 aliphatic carbocycles. The fraction of sp³-hybridized carbons (Fsp3) is 0.188. The molecule has 9 nitrogen and oxygen atoms in total. The predicted octanol–water partition coefficient (Wildman–Crippen LogP) is 6.83. The van der Waals surface area contributed by atoms with E-state index < -0.39 is 12.1 Å². The van der Waals surface area contributed by atoms with E-state index in [4.69, 9.17) is 11.6 Å². The van der Waals surface area contributed by atoms with Crippen LogP contribution in [-0.2, 0) is 0 Å². The molecule has 0 spiro atoms. The topological polar surface area (TPSA) is 139 Å². The first-order valence-corrected chi connectivity index (χ1v) is 13.7. The summed E-state index contributed by atoms with van der Waals surface area (Å²) in [6.45, 7) is 0. The maximum Gasteiger partial charge on any atom is 0.109 e. The number of nitriles is 3. The number of benzene rings is 3. The molecule has 0 saturated heterocycles. The number of nitrogens with one attached hydrogen (secondary N) is 2. The van der Waals surface area contributed by atoms with Gasteiger partial charge in [-0.25, -0.2) is 4.68 Å². The summed E-state index contributed by atoms with van der Waals surface area (Å²) in [6.07, 6.45) is 5.38. The fourth-order valence-electron chi connectivity index (χ4n) is 4.86. The smallest absolute Gasteiger partial charge is 0.109 e.